The Hall–Kier alpha value is -2.77. The Morgan fingerprint density at radius 1 is 1.18 bits per heavy atom. The van der Waals surface area contributed by atoms with Crippen LogP contribution in [0.25, 0.3) is 11.0 Å². The van der Waals surface area contributed by atoms with Crippen LogP contribution in [0.4, 0.5) is 15.5 Å². The van der Waals surface area contributed by atoms with Crippen LogP contribution in [0.1, 0.15) is 41.5 Å². The molecule has 0 saturated heterocycles. The minimum atomic E-state index is -0.639. The van der Waals surface area contributed by atoms with Crippen LogP contribution < -0.4 is 5.32 Å². The third-order valence-electron chi connectivity index (χ3n) is 3.49. The molecule has 1 aromatic heterocycles. The third-order valence-corrected chi connectivity index (χ3v) is 3.49. The summed E-state index contributed by atoms with van der Waals surface area (Å²) in [5, 5.41) is 3.10. The number of hydrogen-bond donors (Lipinski definition) is 1. The average Bonchev–Trinajstić information content (AvgIpc) is 2.89. The van der Waals surface area contributed by atoms with Crippen molar-refractivity contribution in [3.8, 4) is 0 Å². The largest absolute Gasteiger partial charge is 0.444 e. The maximum atomic E-state index is 12.7. The second-order valence-corrected chi connectivity index (χ2v) is 8.48. The van der Waals surface area contributed by atoms with E-state index in [4.69, 9.17) is 9.47 Å². The molecule has 0 unspecified atom stereocenters. The number of carbonyl (C=O) groups is 2. The normalized spacial score (nSPS) is 12.0. The Morgan fingerprint density at radius 2 is 1.82 bits per heavy atom. The number of imidazole rings is 1. The van der Waals surface area contributed by atoms with Crippen molar-refractivity contribution in [1.82, 2.24) is 14.5 Å². The third kappa shape index (κ3) is 5.87. The molecule has 0 aliphatic heterocycles. The summed E-state index contributed by atoms with van der Waals surface area (Å²) in [4.78, 5) is 30.6. The summed E-state index contributed by atoms with van der Waals surface area (Å²) >= 11 is 0. The number of rotatable bonds is 4. The van der Waals surface area contributed by atoms with Crippen LogP contribution in [0.15, 0.2) is 18.2 Å². The number of fused-ring (bicyclic) bond motifs is 1. The first-order valence-corrected chi connectivity index (χ1v) is 9.18. The van der Waals surface area contributed by atoms with Crippen molar-refractivity contribution < 1.29 is 19.1 Å². The second-order valence-electron chi connectivity index (χ2n) is 8.48. The summed E-state index contributed by atoms with van der Waals surface area (Å²) in [7, 11) is 1.65. The zero-order valence-corrected chi connectivity index (χ0v) is 17.6. The van der Waals surface area contributed by atoms with Crippen LogP contribution in [0, 0.1) is 6.07 Å². The fourth-order valence-electron chi connectivity index (χ4n) is 2.34. The number of para-hydroxylation sites is 1. The molecule has 1 N–H and O–H groups in total. The minimum Gasteiger partial charge on any atom is -0.444 e. The molecule has 0 aliphatic rings. The fraction of sp³-hybridized carbons (Fsp3) is 0.550. The van der Waals surface area contributed by atoms with Crippen LogP contribution in [-0.4, -0.2) is 58.0 Å². The van der Waals surface area contributed by atoms with E-state index in [1.54, 1.807) is 46.0 Å². The molecule has 1 radical (unpaired) electrons. The zero-order chi connectivity index (χ0) is 21.1. The van der Waals surface area contributed by atoms with Crippen molar-refractivity contribution in [1.29, 1.82) is 0 Å². The van der Waals surface area contributed by atoms with Crippen LogP contribution in [0.3, 0.4) is 0 Å². The monoisotopic (exact) mass is 389 g/mol. The van der Waals surface area contributed by atoms with Gasteiger partial charge in [-0.1, -0.05) is 12.1 Å². The van der Waals surface area contributed by atoms with Crippen molar-refractivity contribution >= 4 is 29.2 Å². The average molecular weight is 389 g/mol. The van der Waals surface area contributed by atoms with Gasteiger partial charge in [-0.3, -0.25) is 0 Å². The first kappa shape index (κ1) is 21.5. The summed E-state index contributed by atoms with van der Waals surface area (Å²) in [5.74, 6) is 0.337. The van der Waals surface area contributed by atoms with Gasteiger partial charge in [-0.15, -0.1) is 0 Å². The van der Waals surface area contributed by atoms with E-state index in [0.717, 1.165) is 0 Å². The Morgan fingerprint density at radius 3 is 2.43 bits per heavy atom. The highest BCUT2D eigenvalue weighted by Crippen LogP contribution is 2.21. The molecule has 1 amide bonds. The van der Waals surface area contributed by atoms with Crippen molar-refractivity contribution in [2.24, 2.45) is 0 Å². The van der Waals surface area contributed by atoms with Gasteiger partial charge in [0.25, 0.3) is 0 Å². The van der Waals surface area contributed by atoms with Crippen molar-refractivity contribution in [2.75, 3.05) is 25.5 Å². The molecule has 2 rings (SSSR count). The van der Waals surface area contributed by atoms with Crippen molar-refractivity contribution in [3.05, 3.63) is 24.3 Å². The Balaban J connectivity index is 2.13. The van der Waals surface area contributed by atoms with Crippen molar-refractivity contribution in [3.63, 3.8) is 0 Å². The van der Waals surface area contributed by atoms with Gasteiger partial charge >= 0.3 is 12.2 Å². The number of nitrogens with zero attached hydrogens (tertiary/aromatic N) is 3. The van der Waals surface area contributed by atoms with E-state index < -0.39 is 23.4 Å². The Bertz CT molecular complexity index is 846. The number of anilines is 1. The first-order chi connectivity index (χ1) is 12.9. The summed E-state index contributed by atoms with van der Waals surface area (Å²) in [6.45, 7) is 11.6. The smallest absolute Gasteiger partial charge is 0.421 e. The van der Waals surface area contributed by atoms with Crippen LogP contribution in [0.5, 0.6) is 0 Å². The van der Waals surface area contributed by atoms with Crippen LogP contribution in [-0.2, 0) is 9.47 Å². The summed E-state index contributed by atoms with van der Waals surface area (Å²) in [6, 6.07) is 8.30. The number of ether oxygens (including phenoxy) is 2. The van der Waals surface area contributed by atoms with Crippen LogP contribution in [0.2, 0.25) is 0 Å². The highest BCUT2D eigenvalue weighted by atomic mass is 16.6. The van der Waals surface area contributed by atoms with E-state index in [0.29, 0.717) is 30.1 Å². The molecule has 0 saturated carbocycles. The molecule has 0 aliphatic carbocycles. The number of carbonyl (C=O) groups excluding carboxylic acids is 2. The summed E-state index contributed by atoms with van der Waals surface area (Å²) in [5.41, 5.74) is -0.0456. The highest BCUT2D eigenvalue weighted by Gasteiger charge is 2.23. The fourth-order valence-corrected chi connectivity index (χ4v) is 2.34. The van der Waals surface area contributed by atoms with Gasteiger partial charge in [0.2, 0.25) is 5.95 Å². The van der Waals surface area contributed by atoms with E-state index >= 15 is 0 Å². The zero-order valence-electron chi connectivity index (χ0n) is 17.6. The number of hydrogen-bond acceptors (Lipinski definition) is 6. The molecule has 1 heterocycles. The lowest BCUT2D eigenvalue weighted by Crippen LogP contribution is -2.37. The van der Waals surface area contributed by atoms with Gasteiger partial charge in [0, 0.05) is 26.2 Å². The molecule has 0 atom stereocenters. The molecule has 0 bridgehead atoms. The minimum absolute atomic E-state index is 0.337. The number of nitrogens with one attached hydrogen (secondary N) is 1. The maximum absolute atomic E-state index is 12.7. The second kappa shape index (κ2) is 8.08. The van der Waals surface area contributed by atoms with E-state index in [1.807, 2.05) is 20.8 Å². The lowest BCUT2D eigenvalue weighted by Gasteiger charge is -2.24. The van der Waals surface area contributed by atoms with Crippen LogP contribution >= 0.6 is 0 Å². The lowest BCUT2D eigenvalue weighted by atomic mass is 10.2. The topological polar surface area (TPSA) is 85.7 Å². The molecule has 0 fully saturated rings. The highest BCUT2D eigenvalue weighted by molar-refractivity contribution is 5.90. The quantitative estimate of drug-likeness (QED) is 0.854. The van der Waals surface area contributed by atoms with Gasteiger partial charge in [-0.2, -0.15) is 0 Å². The van der Waals surface area contributed by atoms with E-state index in [9.17, 15) is 9.59 Å². The molecule has 1 aromatic carbocycles. The Kier molecular flexibility index (Phi) is 6.21. The Labute approximate surface area is 165 Å². The van der Waals surface area contributed by atoms with Gasteiger partial charge in [0.05, 0.1) is 11.0 Å². The molecular formula is C20H29N4O4. The summed E-state index contributed by atoms with van der Waals surface area (Å²) in [6.07, 6.45) is -0.944. The lowest BCUT2D eigenvalue weighted by molar-refractivity contribution is 0.0304. The van der Waals surface area contributed by atoms with Gasteiger partial charge in [-0.05, 0) is 47.6 Å². The molecule has 8 heteroatoms. The van der Waals surface area contributed by atoms with E-state index in [2.05, 4.69) is 16.4 Å². The SMILES string of the molecule is CN(CCNc1nc2[c]cccc2n1C(=O)OC(C)(C)C)C(=O)OC(C)(C)C. The van der Waals surface area contributed by atoms with Gasteiger partial charge in [0.1, 0.15) is 11.2 Å². The standard InChI is InChI=1S/C20H29N4O4/c1-19(2,3)27-17(25)23(7)13-12-21-16-22-14-10-8-9-11-15(14)24(16)18(26)28-20(4,5)6/h8-9,11H,12-13H2,1-7H3,(H,21,22). The predicted molar refractivity (Wildman–Crippen MR) is 108 cm³/mol. The molecule has 2 aromatic rings. The molecule has 153 valence electrons. The molecule has 28 heavy (non-hydrogen) atoms. The van der Waals surface area contributed by atoms with Gasteiger partial charge in [0.15, 0.2) is 0 Å². The van der Waals surface area contributed by atoms with Gasteiger partial charge in [-0.25, -0.2) is 19.1 Å². The summed E-state index contributed by atoms with van der Waals surface area (Å²) < 4.78 is 12.2. The molecule has 0 spiro atoms. The number of aromatic nitrogens is 2. The number of amides is 1. The molecular weight excluding hydrogens is 360 g/mol. The predicted octanol–water partition coefficient (Wildman–Crippen LogP) is 3.90. The number of benzene rings is 1. The van der Waals surface area contributed by atoms with Gasteiger partial charge < -0.3 is 19.7 Å². The van der Waals surface area contributed by atoms with E-state index in [-0.39, 0.29) is 0 Å². The molecule has 8 nitrogen and oxygen atoms in total. The first-order valence-electron chi connectivity index (χ1n) is 9.18. The van der Waals surface area contributed by atoms with Crippen molar-refractivity contribution in [2.45, 2.75) is 52.7 Å². The number of likely N-dealkylation sites (N-methyl/N-ethyl adjacent to an activating group) is 1. The maximum Gasteiger partial charge on any atom is 0.421 e. The van der Waals surface area contributed by atoms with E-state index in [1.165, 1.54) is 9.47 Å².